The molecule has 3 heterocycles. The van der Waals surface area contributed by atoms with Gasteiger partial charge >= 0.3 is 59.9 Å². The molecule has 1 aromatic carbocycles. The number of amides is 11. The Morgan fingerprint density at radius 3 is 1.97 bits per heavy atom. The van der Waals surface area contributed by atoms with E-state index in [4.69, 9.17) is 19.3 Å². The molecule has 1 aliphatic heterocycles. The zero-order valence-corrected chi connectivity index (χ0v) is 67.0. The Bertz CT molecular complexity index is 3730. The molecule has 4 rings (SSSR count). The Balaban J connectivity index is 1.34. The number of unbranched alkanes of at least 4 members (excludes halogenated alkanes) is 1. The first kappa shape index (κ1) is 95.8. The predicted octanol–water partition coefficient (Wildman–Crippen LogP) is 2.92. The first-order valence-corrected chi connectivity index (χ1v) is 40.3. The molecule has 0 radical (unpaired) electrons. The molecular formula is C71H105N15O25S3. The SMILES string of the molecule is CCCC(=O)OCN(C(=O)[C@@H](NC(=O)[C@H]1CCCCN1C)C(C)CC)[C@H](C[C@@H](OC(C)=O)c1nc(C(=O)N[C@@H](Cc2ccc(O)cc2)C[C@H](C)C(=O)NNC(=O)OCCSSC[C@H](NC(=O)[C@H](Cc2cnc[nH]2)NC(=O)[C@H](CC(=O)O)NC(=O)NCCCC[C@H](NC(=O)N[C@@H](CCC(=O)O)C(=O)O)C(=O)O)C(=O)O)cs1)C(C)C. The second kappa shape index (κ2) is 49.8. The number of aromatic amines is 1. The number of carboxylic acid groups (broad SMARTS) is 5. The molecule has 3 aromatic rings. The molecular weight excluding hydrogens is 1560 g/mol. The summed E-state index contributed by atoms with van der Waals surface area (Å²) >= 11 is 1.01. The number of likely N-dealkylation sites (tertiary alicyclic amines) is 1. The number of hydrogen-bond acceptors (Lipinski definition) is 26. The van der Waals surface area contributed by atoms with Crippen LogP contribution in [0.1, 0.15) is 171 Å². The number of H-pyrrole nitrogens is 1. The molecule has 11 amide bonds. The summed E-state index contributed by atoms with van der Waals surface area (Å²) < 4.78 is 16.8. The van der Waals surface area contributed by atoms with E-state index in [0.717, 1.165) is 45.8 Å². The number of hydrazine groups is 1. The summed E-state index contributed by atoms with van der Waals surface area (Å²) in [5.41, 5.74) is 5.27. The number of phenolic OH excluding ortho intramolecular Hbond substituents is 1. The van der Waals surface area contributed by atoms with E-state index in [2.05, 4.69) is 63.0 Å². The van der Waals surface area contributed by atoms with Crippen molar-refractivity contribution in [3.63, 3.8) is 0 Å². The van der Waals surface area contributed by atoms with Gasteiger partial charge in [0.25, 0.3) is 5.91 Å². The number of aromatic nitrogens is 3. The first-order chi connectivity index (χ1) is 54.0. The van der Waals surface area contributed by atoms with Crippen LogP contribution in [0.15, 0.2) is 42.2 Å². The lowest BCUT2D eigenvalue weighted by Gasteiger charge is -2.39. The Morgan fingerprint density at radius 1 is 0.711 bits per heavy atom. The van der Waals surface area contributed by atoms with Crippen molar-refractivity contribution in [2.45, 2.75) is 212 Å². The van der Waals surface area contributed by atoms with Crippen LogP contribution in [0.25, 0.3) is 0 Å². The number of urea groups is 2. The first-order valence-electron chi connectivity index (χ1n) is 37.0. The van der Waals surface area contributed by atoms with Crippen molar-refractivity contribution in [2.75, 3.05) is 45.0 Å². The number of aliphatic carboxylic acids is 5. The highest BCUT2D eigenvalue weighted by atomic mass is 33.1. The number of piperidine rings is 1. The van der Waals surface area contributed by atoms with Crippen molar-refractivity contribution < 1.29 is 122 Å². The number of imidazole rings is 1. The predicted molar refractivity (Wildman–Crippen MR) is 410 cm³/mol. The van der Waals surface area contributed by atoms with Crippen molar-refractivity contribution in [3.05, 3.63) is 64.1 Å². The van der Waals surface area contributed by atoms with Gasteiger partial charge in [0.15, 0.2) is 12.8 Å². The molecule has 1 unspecified atom stereocenters. The summed E-state index contributed by atoms with van der Waals surface area (Å²) in [7, 11) is 3.83. The van der Waals surface area contributed by atoms with Gasteiger partial charge in [0.2, 0.25) is 29.5 Å². The van der Waals surface area contributed by atoms with Crippen LogP contribution in [0, 0.1) is 17.8 Å². The number of carbonyl (C=O) groups is 16. The number of benzene rings is 1. The van der Waals surface area contributed by atoms with Crippen molar-refractivity contribution in [3.8, 4) is 5.75 Å². The van der Waals surface area contributed by atoms with Crippen molar-refractivity contribution in [1.82, 2.24) is 78.1 Å². The zero-order valence-electron chi connectivity index (χ0n) is 64.6. The van der Waals surface area contributed by atoms with Crippen LogP contribution in [0.5, 0.6) is 5.75 Å². The van der Waals surface area contributed by atoms with Crippen LogP contribution in [0.4, 0.5) is 14.4 Å². The summed E-state index contributed by atoms with van der Waals surface area (Å²) in [5.74, 6) is -15.0. The van der Waals surface area contributed by atoms with Crippen LogP contribution in [0.2, 0.25) is 0 Å². The lowest BCUT2D eigenvalue weighted by molar-refractivity contribution is -0.160. The van der Waals surface area contributed by atoms with Gasteiger partial charge < -0.3 is 97.3 Å². The van der Waals surface area contributed by atoms with Crippen molar-refractivity contribution in [1.29, 1.82) is 0 Å². The Hall–Kier alpha value is -10.6. The normalized spacial score (nSPS) is 15.6. The van der Waals surface area contributed by atoms with Gasteiger partial charge in [0.1, 0.15) is 59.3 Å². The molecule has 12 atom stereocenters. The van der Waals surface area contributed by atoms with E-state index in [1.54, 1.807) is 19.1 Å². The minimum Gasteiger partial charge on any atom is -0.508 e. The minimum atomic E-state index is -1.83. The summed E-state index contributed by atoms with van der Waals surface area (Å²) in [4.78, 5) is 221. The number of thiazole rings is 1. The van der Waals surface area contributed by atoms with Crippen LogP contribution in [-0.4, -0.2) is 250 Å². The number of carboxylic acids is 5. The highest BCUT2D eigenvalue weighted by molar-refractivity contribution is 8.76. The molecule has 0 bridgehead atoms. The number of phenols is 1. The van der Waals surface area contributed by atoms with Crippen LogP contribution >= 0.6 is 32.9 Å². The third-order valence-corrected chi connectivity index (χ3v) is 21.4. The fourth-order valence-corrected chi connectivity index (χ4v) is 14.5. The van der Waals surface area contributed by atoms with E-state index >= 15 is 4.79 Å². The monoisotopic (exact) mass is 1660 g/mol. The van der Waals surface area contributed by atoms with Gasteiger partial charge in [-0.05, 0) is 101 Å². The lowest BCUT2D eigenvalue weighted by atomic mass is 9.92. The second-order valence-electron chi connectivity index (χ2n) is 27.4. The van der Waals surface area contributed by atoms with E-state index in [9.17, 15) is 97.5 Å². The summed E-state index contributed by atoms with van der Waals surface area (Å²) in [6.07, 6.45) is 1.24. The quantitative estimate of drug-likeness (QED) is 0.00965. The van der Waals surface area contributed by atoms with E-state index in [-0.39, 0.29) is 116 Å². The van der Waals surface area contributed by atoms with Gasteiger partial charge in [-0.15, -0.1) is 11.3 Å². The number of likely N-dealkylation sites (N-methyl/N-ethyl adjacent to an activating group) is 1. The third kappa shape index (κ3) is 34.8. The van der Waals surface area contributed by atoms with E-state index in [1.807, 2.05) is 45.0 Å². The minimum absolute atomic E-state index is 0.0268. The standard InChI is InChI=1S/C71H105N15O25S3/c1-9-15-57(93)110-37-86(65(99)58(39(5)10-2)82-63(98)52-17-12-14-25-85(52)8)53(38(3)4)32-54(111-41(7)87)64-78-50(34-112-64)62(97)75-43(29-42-18-20-45(88)21-19-42)28-40(6)59(94)83-84-71(108)109-26-27-113-114-35-51(68(104)105)77-60(95)48(30-44-33-72-36-74-44)76-61(96)49(31-56(91)92)81-69(106)73-24-13-11-16-46(66(100)101)79-70(107)80-47(67(102)103)22-23-55(89)90/h18-21,33-34,36,38-40,43,46-49,51-54,58,88H,9-17,22-32,35,37H2,1-8H3,(H,72,74)(H,75,97)(H,76,96)(H,77,95)(H,82,98)(H,83,94)(H,84,108)(H,89,90)(H,91,92)(H,100,101)(H,102,103)(H,104,105)(H2,73,81,106)(H2,79,80,107)/t39?,40-,43+,46-,47-,48-,49-,51-,52+,53+,54+,58-/m0/s1. The fraction of sp³-hybridized carbons (Fsp3) is 0.606. The Kier molecular flexibility index (Phi) is 41.9. The van der Waals surface area contributed by atoms with E-state index in [0.29, 0.717) is 31.4 Å². The molecule has 1 fully saturated rings. The smallest absolute Gasteiger partial charge is 0.426 e. The van der Waals surface area contributed by atoms with E-state index in [1.165, 1.54) is 48.8 Å². The van der Waals surface area contributed by atoms with Crippen LogP contribution in [-0.2, 0) is 84.6 Å². The molecule has 2 aromatic heterocycles. The van der Waals surface area contributed by atoms with Gasteiger partial charge in [-0.2, -0.15) is 0 Å². The third-order valence-electron chi connectivity index (χ3n) is 18.0. The topological polar surface area (TPSA) is 591 Å². The molecule has 17 N–H and O–H groups in total. The average molecular weight is 1660 g/mol. The van der Waals surface area contributed by atoms with Crippen molar-refractivity contribution >= 4 is 128 Å². The molecule has 1 saturated heterocycles. The second-order valence-corrected chi connectivity index (χ2v) is 31.0. The number of aromatic hydroxyl groups is 1. The van der Waals surface area contributed by atoms with Crippen LogP contribution in [0.3, 0.4) is 0 Å². The Morgan fingerprint density at radius 2 is 1.37 bits per heavy atom. The summed E-state index contributed by atoms with van der Waals surface area (Å²) in [6.45, 7) is 11.7. The summed E-state index contributed by atoms with van der Waals surface area (Å²) in [6, 6.07) is -7.42. The van der Waals surface area contributed by atoms with Gasteiger partial charge in [-0.3, -0.25) is 58.3 Å². The number of carbonyl (C=O) groups excluding carboxylic acids is 11. The molecule has 0 spiro atoms. The number of hydrogen-bond donors (Lipinski definition) is 17. The van der Waals surface area contributed by atoms with Gasteiger partial charge in [-0.25, -0.2) is 44.2 Å². The molecule has 40 nitrogen and oxygen atoms in total. The Labute approximate surface area is 669 Å². The van der Waals surface area contributed by atoms with Gasteiger partial charge in [0, 0.05) is 85.9 Å². The highest BCUT2D eigenvalue weighted by Gasteiger charge is 2.41. The maximum absolute atomic E-state index is 15.0. The molecule has 1 aliphatic rings. The molecule has 43 heteroatoms. The largest absolute Gasteiger partial charge is 0.508 e. The molecule has 632 valence electrons. The van der Waals surface area contributed by atoms with E-state index < -0.39 is 182 Å². The molecule has 0 aliphatic carbocycles. The molecule has 114 heavy (non-hydrogen) atoms. The maximum atomic E-state index is 15.0. The number of nitrogens with one attached hydrogen (secondary N) is 11. The fourth-order valence-electron chi connectivity index (χ4n) is 11.6. The van der Waals surface area contributed by atoms with Crippen LogP contribution < -0.4 is 53.4 Å². The average Bonchev–Trinajstić information content (AvgIpc) is 1.11. The molecule has 0 saturated carbocycles. The maximum Gasteiger partial charge on any atom is 0.426 e. The zero-order chi connectivity index (χ0) is 84.7. The van der Waals surface area contributed by atoms with Crippen molar-refractivity contribution in [2.24, 2.45) is 17.8 Å². The lowest BCUT2D eigenvalue weighted by Crippen LogP contribution is -2.59. The number of rotatable bonds is 50. The number of nitrogens with zero attached hydrogens (tertiary/aromatic N) is 4. The number of esters is 2. The van der Waals surface area contributed by atoms with Gasteiger partial charge in [-0.1, -0.05) is 88.1 Å². The van der Waals surface area contributed by atoms with Gasteiger partial charge in [0.05, 0.1) is 18.8 Å². The number of ether oxygens (including phenoxy) is 3. The summed E-state index contributed by atoms with van der Waals surface area (Å²) in [5, 5.41) is 78.4. The highest BCUT2D eigenvalue weighted by Crippen LogP contribution is 2.33.